The number of aliphatic hydroxyl groups excluding tert-OH is 1. The number of aryl methyl sites for hydroxylation is 1. The molecule has 3 aliphatic heterocycles. The highest BCUT2D eigenvalue weighted by Crippen LogP contribution is 2.57. The van der Waals surface area contributed by atoms with Crippen LogP contribution in [0, 0.1) is 18.8 Å². The molecule has 4 atom stereocenters. The lowest BCUT2D eigenvalue weighted by atomic mass is 9.73. The average molecular weight is 299 g/mol. The zero-order valence-corrected chi connectivity index (χ0v) is 12.4. The molecule has 2 bridgehead atoms. The van der Waals surface area contributed by atoms with Crippen molar-refractivity contribution in [1.29, 1.82) is 0 Å². The second-order valence-electron chi connectivity index (χ2n) is 6.54. The van der Waals surface area contributed by atoms with Crippen molar-refractivity contribution in [2.45, 2.75) is 25.0 Å². The lowest BCUT2D eigenvalue weighted by Gasteiger charge is -2.26. The highest BCUT2D eigenvalue weighted by molar-refractivity contribution is 6.23. The van der Waals surface area contributed by atoms with Gasteiger partial charge in [0.05, 0.1) is 29.7 Å². The van der Waals surface area contributed by atoms with Crippen LogP contribution in [-0.2, 0) is 14.3 Å². The van der Waals surface area contributed by atoms with Crippen molar-refractivity contribution in [3.63, 3.8) is 0 Å². The maximum absolute atomic E-state index is 12.9. The van der Waals surface area contributed by atoms with Crippen LogP contribution in [0.2, 0.25) is 0 Å². The fourth-order valence-corrected chi connectivity index (χ4v) is 3.99. The van der Waals surface area contributed by atoms with Gasteiger partial charge >= 0.3 is 0 Å². The number of carbonyl (C=O) groups excluding carboxylic acids is 2. The molecule has 0 aromatic heterocycles. The standard InChI is InChI=1S/C17H17NO4/c1-10-3-5-11(6-4-10)18-14(20)12-13(15(18)21)17(9-19)8-7-16(12,2)22-17/h3-8,12-13,19H,9H2,1-2H3/t12-,13+,16-,17-/m1/s1. The second kappa shape index (κ2) is 4.06. The maximum atomic E-state index is 12.9. The summed E-state index contributed by atoms with van der Waals surface area (Å²) in [4.78, 5) is 26.9. The molecule has 5 heteroatoms. The molecule has 0 radical (unpaired) electrons. The summed E-state index contributed by atoms with van der Waals surface area (Å²) >= 11 is 0. The molecule has 2 saturated heterocycles. The molecule has 4 rings (SSSR count). The summed E-state index contributed by atoms with van der Waals surface area (Å²) in [5, 5.41) is 9.74. The first kappa shape index (κ1) is 13.7. The van der Waals surface area contributed by atoms with Crippen molar-refractivity contribution < 1.29 is 19.4 Å². The van der Waals surface area contributed by atoms with Gasteiger partial charge in [0.15, 0.2) is 0 Å². The summed E-state index contributed by atoms with van der Waals surface area (Å²) in [6.07, 6.45) is 3.53. The number of amides is 2. The topological polar surface area (TPSA) is 66.8 Å². The Morgan fingerprint density at radius 3 is 2.41 bits per heavy atom. The van der Waals surface area contributed by atoms with Crippen molar-refractivity contribution in [2.75, 3.05) is 11.5 Å². The fourth-order valence-electron chi connectivity index (χ4n) is 3.99. The number of rotatable bonds is 2. The summed E-state index contributed by atoms with van der Waals surface area (Å²) in [7, 11) is 0. The SMILES string of the molecule is Cc1ccc(N2C(=O)[C@@H]3[C@H](C2=O)[C@@]2(C)C=C[C@]3(CO)O2)cc1. The van der Waals surface area contributed by atoms with Gasteiger partial charge in [-0.2, -0.15) is 0 Å². The van der Waals surface area contributed by atoms with Crippen LogP contribution in [0.25, 0.3) is 0 Å². The number of hydrogen-bond acceptors (Lipinski definition) is 4. The van der Waals surface area contributed by atoms with E-state index in [1.165, 1.54) is 4.90 Å². The first-order valence-electron chi connectivity index (χ1n) is 7.38. The summed E-state index contributed by atoms with van der Waals surface area (Å²) in [6.45, 7) is 3.45. The van der Waals surface area contributed by atoms with Crippen LogP contribution in [0.15, 0.2) is 36.4 Å². The van der Waals surface area contributed by atoms with Crippen LogP contribution in [0.3, 0.4) is 0 Å². The van der Waals surface area contributed by atoms with E-state index in [0.29, 0.717) is 5.69 Å². The smallest absolute Gasteiger partial charge is 0.241 e. The van der Waals surface area contributed by atoms with Gasteiger partial charge in [0.1, 0.15) is 5.60 Å². The Labute approximate surface area is 128 Å². The summed E-state index contributed by atoms with van der Waals surface area (Å²) in [6, 6.07) is 7.29. The third-order valence-electron chi connectivity index (χ3n) is 5.10. The van der Waals surface area contributed by atoms with Crippen molar-refractivity contribution in [3.05, 3.63) is 42.0 Å². The Kier molecular flexibility index (Phi) is 2.52. The van der Waals surface area contributed by atoms with Gasteiger partial charge in [0, 0.05) is 0 Å². The van der Waals surface area contributed by atoms with Crippen LogP contribution in [0.1, 0.15) is 12.5 Å². The van der Waals surface area contributed by atoms with Crippen molar-refractivity contribution in [2.24, 2.45) is 11.8 Å². The largest absolute Gasteiger partial charge is 0.393 e. The quantitative estimate of drug-likeness (QED) is 0.658. The third-order valence-corrected chi connectivity index (χ3v) is 5.10. The van der Waals surface area contributed by atoms with Gasteiger partial charge in [-0.15, -0.1) is 0 Å². The van der Waals surface area contributed by atoms with Crippen molar-refractivity contribution in [1.82, 2.24) is 0 Å². The van der Waals surface area contributed by atoms with Crippen LogP contribution < -0.4 is 4.90 Å². The monoisotopic (exact) mass is 299 g/mol. The fraction of sp³-hybridized carbons (Fsp3) is 0.412. The van der Waals surface area contributed by atoms with E-state index in [9.17, 15) is 14.7 Å². The van der Waals surface area contributed by atoms with E-state index in [1.807, 2.05) is 19.1 Å². The van der Waals surface area contributed by atoms with Gasteiger partial charge in [-0.1, -0.05) is 29.8 Å². The number of anilines is 1. The van der Waals surface area contributed by atoms with E-state index in [1.54, 1.807) is 31.2 Å². The molecule has 0 unspecified atom stereocenters. The zero-order chi connectivity index (χ0) is 15.7. The predicted molar refractivity (Wildman–Crippen MR) is 79.1 cm³/mol. The van der Waals surface area contributed by atoms with Crippen molar-refractivity contribution >= 4 is 17.5 Å². The maximum Gasteiger partial charge on any atom is 0.241 e. The molecule has 1 aromatic rings. The molecule has 0 spiro atoms. The minimum absolute atomic E-state index is 0.249. The Morgan fingerprint density at radius 2 is 1.77 bits per heavy atom. The van der Waals surface area contributed by atoms with Crippen LogP contribution in [0.5, 0.6) is 0 Å². The first-order valence-corrected chi connectivity index (χ1v) is 7.38. The molecule has 0 aliphatic carbocycles. The number of carbonyl (C=O) groups is 2. The normalized spacial score (nSPS) is 39.0. The van der Waals surface area contributed by atoms with E-state index in [0.717, 1.165) is 5.56 Å². The Hall–Kier alpha value is -1.98. The van der Waals surface area contributed by atoms with Gasteiger partial charge < -0.3 is 9.84 Å². The van der Waals surface area contributed by atoms with Crippen molar-refractivity contribution in [3.8, 4) is 0 Å². The van der Waals surface area contributed by atoms with Gasteiger partial charge in [0.2, 0.25) is 11.8 Å². The van der Waals surface area contributed by atoms with Crippen LogP contribution in [-0.4, -0.2) is 34.7 Å². The zero-order valence-electron chi connectivity index (χ0n) is 12.4. The highest BCUT2D eigenvalue weighted by atomic mass is 16.5. The first-order chi connectivity index (χ1) is 10.4. The number of ether oxygens (including phenoxy) is 1. The molecular formula is C17H17NO4. The number of benzene rings is 1. The molecule has 3 aliphatic rings. The minimum Gasteiger partial charge on any atom is -0.393 e. The molecule has 2 fully saturated rings. The predicted octanol–water partition coefficient (Wildman–Crippen LogP) is 1.19. The molecule has 2 amide bonds. The molecule has 5 nitrogen and oxygen atoms in total. The van der Waals surface area contributed by atoms with Crippen LogP contribution >= 0.6 is 0 Å². The van der Waals surface area contributed by atoms with E-state index in [4.69, 9.17) is 4.74 Å². The highest BCUT2D eigenvalue weighted by Gasteiger charge is 2.72. The van der Waals surface area contributed by atoms with Gasteiger partial charge in [-0.25, -0.2) is 4.90 Å². The third kappa shape index (κ3) is 1.45. The molecule has 1 N–H and O–H groups in total. The Morgan fingerprint density at radius 1 is 1.14 bits per heavy atom. The van der Waals surface area contributed by atoms with Gasteiger partial charge in [-0.05, 0) is 26.0 Å². The lowest BCUT2D eigenvalue weighted by Crippen LogP contribution is -2.43. The average Bonchev–Trinajstić information content (AvgIpc) is 3.07. The summed E-state index contributed by atoms with van der Waals surface area (Å²) < 4.78 is 5.88. The van der Waals surface area contributed by atoms with Gasteiger partial charge in [-0.3, -0.25) is 9.59 Å². The molecule has 22 heavy (non-hydrogen) atoms. The molecule has 1 aromatic carbocycles. The molecule has 3 heterocycles. The van der Waals surface area contributed by atoms with Gasteiger partial charge in [0.25, 0.3) is 0 Å². The number of fused-ring (bicyclic) bond motifs is 5. The summed E-state index contributed by atoms with van der Waals surface area (Å²) in [5.41, 5.74) is -0.247. The Bertz CT molecular complexity index is 710. The summed E-state index contributed by atoms with van der Waals surface area (Å²) in [5.74, 6) is -1.76. The van der Waals surface area contributed by atoms with E-state index in [2.05, 4.69) is 0 Å². The van der Waals surface area contributed by atoms with Crippen LogP contribution in [0.4, 0.5) is 5.69 Å². The number of aliphatic hydroxyl groups is 1. The molecule has 0 saturated carbocycles. The lowest BCUT2D eigenvalue weighted by molar-refractivity contribution is -0.131. The second-order valence-corrected chi connectivity index (χ2v) is 6.54. The van der Waals surface area contributed by atoms with E-state index >= 15 is 0 Å². The number of nitrogens with zero attached hydrogens (tertiary/aromatic N) is 1. The number of hydrogen-bond donors (Lipinski definition) is 1. The molecular weight excluding hydrogens is 282 g/mol. The number of imide groups is 1. The Balaban J connectivity index is 1.80. The van der Waals surface area contributed by atoms with E-state index < -0.39 is 23.0 Å². The molecule has 114 valence electrons. The van der Waals surface area contributed by atoms with E-state index in [-0.39, 0.29) is 18.4 Å². The minimum atomic E-state index is -1.06.